The van der Waals surface area contributed by atoms with Crippen LogP contribution in [0.3, 0.4) is 0 Å². The number of ether oxygens (including phenoxy) is 1. The molecule has 0 unspecified atom stereocenters. The molecular formula is C10H7N3OS. The van der Waals surface area contributed by atoms with Gasteiger partial charge >= 0.3 is 0 Å². The van der Waals surface area contributed by atoms with E-state index in [1.807, 2.05) is 6.07 Å². The maximum atomic E-state index is 8.85. The van der Waals surface area contributed by atoms with Crippen molar-refractivity contribution < 1.29 is 4.74 Å². The molecule has 1 aromatic rings. The average molecular weight is 217 g/mol. The zero-order valence-corrected chi connectivity index (χ0v) is 8.76. The summed E-state index contributed by atoms with van der Waals surface area (Å²) in [5.74, 6) is 0.583. The number of benzene rings is 1. The third kappa shape index (κ3) is 2.67. The Kier molecular flexibility index (Phi) is 3.61. The summed E-state index contributed by atoms with van der Waals surface area (Å²) >= 11 is 4.69. The summed E-state index contributed by atoms with van der Waals surface area (Å²) in [4.78, 5) is 0.0247. The van der Waals surface area contributed by atoms with E-state index in [9.17, 15) is 0 Å². The Bertz CT molecular complexity index is 471. The highest BCUT2D eigenvalue weighted by Gasteiger charge is 2.04. The van der Waals surface area contributed by atoms with Crippen LogP contribution in [0, 0.1) is 22.7 Å². The lowest BCUT2D eigenvalue weighted by Gasteiger charge is -2.06. The molecule has 0 aliphatic rings. The molecule has 5 heteroatoms. The number of thiocarbonyl (C=S) groups is 1. The molecular weight excluding hydrogens is 210 g/mol. The predicted molar refractivity (Wildman–Crippen MR) is 59.5 cm³/mol. The molecule has 74 valence electrons. The largest absolute Gasteiger partial charge is 0.497 e. The van der Waals surface area contributed by atoms with Crippen LogP contribution in [0.4, 0.5) is 5.69 Å². The van der Waals surface area contributed by atoms with Crippen molar-refractivity contribution in [3.8, 4) is 17.9 Å². The lowest BCUT2D eigenvalue weighted by atomic mass is 10.2. The summed E-state index contributed by atoms with van der Waals surface area (Å²) in [6, 6.07) is 8.66. The third-order valence-electron chi connectivity index (χ3n) is 1.70. The van der Waals surface area contributed by atoms with E-state index >= 15 is 0 Å². The van der Waals surface area contributed by atoms with Gasteiger partial charge in [-0.25, -0.2) is 0 Å². The fourth-order valence-electron chi connectivity index (χ4n) is 1.00. The van der Waals surface area contributed by atoms with Gasteiger partial charge in [0.05, 0.1) is 18.4 Å². The molecule has 0 fully saturated rings. The van der Waals surface area contributed by atoms with Crippen LogP contribution in [0.15, 0.2) is 18.2 Å². The highest BCUT2D eigenvalue weighted by Crippen LogP contribution is 2.21. The van der Waals surface area contributed by atoms with Gasteiger partial charge in [0.25, 0.3) is 0 Å². The molecule has 0 aliphatic carbocycles. The van der Waals surface area contributed by atoms with Gasteiger partial charge in [-0.1, -0.05) is 0 Å². The molecule has 4 nitrogen and oxygen atoms in total. The van der Waals surface area contributed by atoms with Crippen LogP contribution in [0.25, 0.3) is 0 Å². The first-order valence-corrected chi connectivity index (χ1v) is 4.41. The molecule has 0 aliphatic heterocycles. The van der Waals surface area contributed by atoms with E-state index < -0.39 is 0 Å². The topological polar surface area (TPSA) is 68.8 Å². The number of nitriles is 2. The van der Waals surface area contributed by atoms with Gasteiger partial charge in [-0.05, 0) is 30.4 Å². The monoisotopic (exact) mass is 217 g/mol. The Balaban J connectivity index is 3.05. The first-order chi connectivity index (χ1) is 7.21. The van der Waals surface area contributed by atoms with Crippen LogP contribution < -0.4 is 10.1 Å². The smallest absolute Gasteiger partial charge is 0.182 e. The molecule has 0 bridgehead atoms. The normalized spacial score (nSPS) is 8.47. The molecule has 1 rings (SSSR count). The number of rotatable bonds is 2. The maximum Gasteiger partial charge on any atom is 0.182 e. The summed E-state index contributed by atoms with van der Waals surface area (Å²) in [7, 11) is 1.52. The number of anilines is 1. The van der Waals surface area contributed by atoms with Gasteiger partial charge in [0.2, 0.25) is 0 Å². The standard InChI is InChI=1S/C10H7N3OS/c1-14-8-2-3-9(7(4-8)5-11)13-10(15)6-12/h2-4H,1H3,(H,13,15). The van der Waals surface area contributed by atoms with E-state index in [1.165, 1.54) is 7.11 Å². The Hall–Kier alpha value is -2.11. The summed E-state index contributed by atoms with van der Waals surface area (Å²) in [5, 5.41) is 20.0. The second-order valence-electron chi connectivity index (χ2n) is 2.59. The minimum absolute atomic E-state index is 0.0247. The summed E-state index contributed by atoms with van der Waals surface area (Å²) in [6.07, 6.45) is 0. The van der Waals surface area contributed by atoms with Crippen molar-refractivity contribution in [2.45, 2.75) is 0 Å². The van der Waals surface area contributed by atoms with Crippen molar-refractivity contribution in [3.63, 3.8) is 0 Å². The lowest BCUT2D eigenvalue weighted by molar-refractivity contribution is 0.415. The third-order valence-corrected chi connectivity index (χ3v) is 1.89. The van der Waals surface area contributed by atoms with Gasteiger partial charge in [-0.2, -0.15) is 10.5 Å². The van der Waals surface area contributed by atoms with Crippen LogP contribution in [0.2, 0.25) is 0 Å². The first-order valence-electron chi connectivity index (χ1n) is 4.00. The van der Waals surface area contributed by atoms with Crippen LogP contribution in [-0.4, -0.2) is 12.1 Å². The molecule has 0 heterocycles. The Morgan fingerprint density at radius 3 is 2.73 bits per heavy atom. The molecule has 0 aromatic heterocycles. The average Bonchev–Trinajstić information content (AvgIpc) is 2.29. The van der Waals surface area contributed by atoms with Gasteiger partial charge in [0.15, 0.2) is 4.99 Å². The van der Waals surface area contributed by atoms with E-state index in [0.29, 0.717) is 17.0 Å². The zero-order valence-electron chi connectivity index (χ0n) is 7.94. The Labute approximate surface area is 92.7 Å². The highest BCUT2D eigenvalue weighted by molar-refractivity contribution is 7.81. The number of nitrogens with zero attached hydrogens (tertiary/aromatic N) is 2. The van der Waals surface area contributed by atoms with Crippen molar-refractivity contribution in [3.05, 3.63) is 23.8 Å². The van der Waals surface area contributed by atoms with Crippen LogP contribution in [0.1, 0.15) is 5.56 Å². The molecule has 1 N–H and O–H groups in total. The van der Waals surface area contributed by atoms with Crippen molar-refractivity contribution in [2.24, 2.45) is 0 Å². The molecule has 0 atom stereocenters. The minimum Gasteiger partial charge on any atom is -0.497 e. The van der Waals surface area contributed by atoms with Crippen molar-refractivity contribution in [2.75, 3.05) is 12.4 Å². The van der Waals surface area contributed by atoms with E-state index in [4.69, 9.17) is 27.5 Å². The van der Waals surface area contributed by atoms with Crippen molar-refractivity contribution in [1.82, 2.24) is 0 Å². The molecule has 0 radical (unpaired) electrons. The van der Waals surface area contributed by atoms with Crippen molar-refractivity contribution in [1.29, 1.82) is 10.5 Å². The zero-order chi connectivity index (χ0) is 11.3. The molecule has 0 amide bonds. The fourth-order valence-corrected chi connectivity index (χ4v) is 1.11. The van der Waals surface area contributed by atoms with Gasteiger partial charge in [-0.3, -0.25) is 0 Å². The summed E-state index contributed by atoms with van der Waals surface area (Å²) in [5.41, 5.74) is 0.886. The Morgan fingerprint density at radius 1 is 1.47 bits per heavy atom. The van der Waals surface area contributed by atoms with E-state index in [1.54, 1.807) is 24.3 Å². The molecule has 0 saturated carbocycles. The number of hydrogen-bond donors (Lipinski definition) is 1. The molecule has 15 heavy (non-hydrogen) atoms. The summed E-state index contributed by atoms with van der Waals surface area (Å²) in [6.45, 7) is 0. The van der Waals surface area contributed by atoms with Crippen LogP contribution in [0.5, 0.6) is 5.75 Å². The molecule has 1 aromatic carbocycles. The van der Waals surface area contributed by atoms with Gasteiger partial charge in [0.1, 0.15) is 17.9 Å². The van der Waals surface area contributed by atoms with Crippen LogP contribution >= 0.6 is 12.2 Å². The first kappa shape index (κ1) is 11.0. The van der Waals surface area contributed by atoms with E-state index in [0.717, 1.165) is 0 Å². The van der Waals surface area contributed by atoms with Crippen molar-refractivity contribution >= 4 is 22.9 Å². The van der Waals surface area contributed by atoms with E-state index in [2.05, 4.69) is 5.32 Å². The fraction of sp³-hybridized carbons (Fsp3) is 0.100. The lowest BCUT2D eigenvalue weighted by Crippen LogP contribution is -2.07. The highest BCUT2D eigenvalue weighted by atomic mass is 32.1. The molecule has 0 spiro atoms. The SMILES string of the molecule is COc1ccc(NC(=S)C#N)c(C#N)c1. The maximum absolute atomic E-state index is 8.85. The number of hydrogen-bond acceptors (Lipinski definition) is 4. The summed E-state index contributed by atoms with van der Waals surface area (Å²) < 4.78 is 4.97. The predicted octanol–water partition coefficient (Wildman–Crippen LogP) is 1.83. The number of nitrogens with one attached hydrogen (secondary N) is 1. The van der Waals surface area contributed by atoms with Gasteiger partial charge in [-0.15, -0.1) is 0 Å². The second kappa shape index (κ2) is 4.94. The second-order valence-corrected chi connectivity index (χ2v) is 3.00. The van der Waals surface area contributed by atoms with E-state index in [-0.39, 0.29) is 4.99 Å². The quantitative estimate of drug-likeness (QED) is 0.765. The molecule has 0 saturated heterocycles. The van der Waals surface area contributed by atoms with Crippen LogP contribution in [-0.2, 0) is 0 Å². The minimum atomic E-state index is 0.0247. The van der Waals surface area contributed by atoms with Gasteiger partial charge in [0, 0.05) is 0 Å². The number of methoxy groups -OCH3 is 1. The van der Waals surface area contributed by atoms with Gasteiger partial charge < -0.3 is 10.1 Å². The Morgan fingerprint density at radius 2 is 2.20 bits per heavy atom.